The van der Waals surface area contributed by atoms with E-state index in [1.807, 2.05) is 0 Å². The molecule has 206 valence electrons. The van der Waals surface area contributed by atoms with E-state index in [1.165, 1.54) is 4.31 Å². The van der Waals surface area contributed by atoms with E-state index in [-0.39, 0.29) is 23.3 Å². The lowest BCUT2D eigenvalue weighted by Crippen LogP contribution is -2.54. The van der Waals surface area contributed by atoms with Crippen LogP contribution in [0, 0.1) is 16.7 Å². The lowest BCUT2D eigenvalue weighted by molar-refractivity contribution is -0.257. The van der Waals surface area contributed by atoms with Crippen molar-refractivity contribution in [1.82, 2.24) is 14.5 Å². The van der Waals surface area contributed by atoms with Crippen LogP contribution in [0.5, 0.6) is 0 Å². The van der Waals surface area contributed by atoms with E-state index in [0.717, 1.165) is 37.1 Å². The minimum Gasteiger partial charge on any atom is -0.429 e. The minimum absolute atomic E-state index is 0.174. The van der Waals surface area contributed by atoms with Crippen molar-refractivity contribution < 1.29 is 36.2 Å². The van der Waals surface area contributed by atoms with Crippen molar-refractivity contribution in [3.8, 4) is 6.07 Å². The Kier molecular flexibility index (Phi) is 8.48. The maximum Gasteiger partial charge on any atom is 0.432 e. The second kappa shape index (κ2) is 10.8. The number of aliphatic hydroxyl groups is 1. The molecule has 1 aromatic rings. The number of alkyl halides is 3. The van der Waals surface area contributed by atoms with Gasteiger partial charge in [-0.2, -0.15) is 22.7 Å². The van der Waals surface area contributed by atoms with Gasteiger partial charge in [0.2, 0.25) is 15.6 Å². The molecule has 2 aliphatic rings. The van der Waals surface area contributed by atoms with Crippen molar-refractivity contribution >= 4 is 16.1 Å². The number of nitrogens with one attached hydrogen (secondary N) is 1. The van der Waals surface area contributed by atoms with E-state index < -0.39 is 52.1 Å². The SMILES string of the molecule is CC[C@@H](CO)NC(=O)O[C@@](C)(c1ccc(S(=O)(=O)N2CCN(CC3(C#N)CC3)C[C@H]2C)cc1)C(F)(F)F. The summed E-state index contributed by atoms with van der Waals surface area (Å²) in [6.07, 6.45) is -4.39. The molecule has 3 atom stereocenters. The number of carbonyl (C=O) groups excluding carboxylic acids is 1. The van der Waals surface area contributed by atoms with Gasteiger partial charge in [0.15, 0.2) is 0 Å². The third-order valence-corrected chi connectivity index (χ3v) is 9.18. The normalized spacial score (nSPS) is 22.9. The standard InChI is InChI=1S/C24H33F3N4O5S/c1-4-19(14-32)29-21(33)36-22(3,24(25,26)27)18-5-7-20(8-6-18)37(34,35)31-12-11-30(13-17(31)2)16-23(15-28)9-10-23/h5-8,17,19,32H,4,9-14,16H2,1-3H3,(H,29,33)/t17-,19+,22+/m1/s1. The van der Waals surface area contributed by atoms with Gasteiger partial charge in [-0.15, -0.1) is 0 Å². The Balaban J connectivity index is 1.76. The van der Waals surface area contributed by atoms with Gasteiger partial charge < -0.3 is 15.2 Å². The van der Waals surface area contributed by atoms with Gasteiger partial charge in [0.05, 0.1) is 29.0 Å². The Morgan fingerprint density at radius 1 is 1.30 bits per heavy atom. The summed E-state index contributed by atoms with van der Waals surface area (Å²) in [5.74, 6) is 0. The van der Waals surface area contributed by atoms with Crippen LogP contribution < -0.4 is 5.32 Å². The van der Waals surface area contributed by atoms with Crippen LogP contribution in [-0.2, 0) is 20.4 Å². The lowest BCUT2D eigenvalue weighted by Gasteiger charge is -2.39. The fourth-order valence-corrected chi connectivity index (χ4v) is 6.03. The Bertz CT molecular complexity index is 1110. The number of aliphatic hydroxyl groups excluding tert-OH is 1. The summed E-state index contributed by atoms with van der Waals surface area (Å²) in [6, 6.07) is 5.30. The number of alkyl carbamates (subject to hydrolysis) is 1. The maximum atomic E-state index is 14.0. The maximum absolute atomic E-state index is 14.0. The van der Waals surface area contributed by atoms with Crippen LogP contribution in [0.25, 0.3) is 0 Å². The molecular formula is C24H33F3N4O5S. The largest absolute Gasteiger partial charge is 0.432 e. The van der Waals surface area contributed by atoms with E-state index in [1.54, 1.807) is 13.8 Å². The zero-order valence-electron chi connectivity index (χ0n) is 21.1. The van der Waals surface area contributed by atoms with Crippen molar-refractivity contribution in [2.24, 2.45) is 5.41 Å². The van der Waals surface area contributed by atoms with Crippen LogP contribution >= 0.6 is 0 Å². The van der Waals surface area contributed by atoms with Gasteiger partial charge >= 0.3 is 12.3 Å². The summed E-state index contributed by atoms with van der Waals surface area (Å²) in [5.41, 5.74) is -3.84. The molecule has 1 aromatic carbocycles. The molecule has 9 nitrogen and oxygen atoms in total. The number of rotatable bonds is 9. The molecule has 1 amide bonds. The van der Waals surface area contributed by atoms with E-state index >= 15 is 0 Å². The number of ether oxygens (including phenoxy) is 1. The van der Waals surface area contributed by atoms with Crippen molar-refractivity contribution in [2.45, 2.75) is 68.8 Å². The quantitative estimate of drug-likeness (QED) is 0.488. The molecule has 3 rings (SSSR count). The van der Waals surface area contributed by atoms with Crippen LogP contribution in [0.3, 0.4) is 0 Å². The van der Waals surface area contributed by atoms with Gasteiger partial charge in [0.25, 0.3) is 0 Å². The molecule has 0 unspecified atom stereocenters. The molecule has 1 heterocycles. The van der Waals surface area contributed by atoms with Crippen molar-refractivity contribution in [3.63, 3.8) is 0 Å². The number of sulfonamides is 1. The highest BCUT2D eigenvalue weighted by atomic mass is 32.2. The third kappa shape index (κ3) is 6.19. The molecule has 0 radical (unpaired) electrons. The third-order valence-electron chi connectivity index (χ3n) is 7.15. The number of halogens is 3. The fraction of sp³-hybridized carbons (Fsp3) is 0.667. The molecular weight excluding hydrogens is 513 g/mol. The second-order valence-electron chi connectivity index (χ2n) is 9.97. The van der Waals surface area contributed by atoms with E-state index in [4.69, 9.17) is 4.74 Å². The van der Waals surface area contributed by atoms with Crippen LogP contribution in [0.15, 0.2) is 29.2 Å². The summed E-state index contributed by atoms with van der Waals surface area (Å²) in [7, 11) is -4.00. The first-order chi connectivity index (χ1) is 17.2. The van der Waals surface area contributed by atoms with Gasteiger partial charge in [-0.25, -0.2) is 13.2 Å². The topological polar surface area (TPSA) is 123 Å². The van der Waals surface area contributed by atoms with Crippen LogP contribution in [0.1, 0.15) is 45.6 Å². The molecule has 13 heteroatoms. The molecule has 0 aromatic heterocycles. The van der Waals surface area contributed by atoms with E-state index in [0.29, 0.717) is 26.6 Å². The summed E-state index contributed by atoms with van der Waals surface area (Å²) >= 11 is 0. The van der Waals surface area contributed by atoms with E-state index in [2.05, 4.69) is 16.3 Å². The Morgan fingerprint density at radius 2 is 1.92 bits per heavy atom. The Morgan fingerprint density at radius 3 is 2.38 bits per heavy atom. The van der Waals surface area contributed by atoms with Gasteiger partial charge in [0, 0.05) is 37.8 Å². The molecule has 0 spiro atoms. The molecule has 1 saturated heterocycles. The molecule has 0 bridgehead atoms. The number of nitrogens with zero attached hydrogens (tertiary/aromatic N) is 3. The number of hydrogen-bond acceptors (Lipinski definition) is 7. The Hall–Kier alpha value is -2.40. The second-order valence-corrected chi connectivity index (χ2v) is 11.9. The first-order valence-electron chi connectivity index (χ1n) is 12.1. The van der Waals surface area contributed by atoms with Crippen molar-refractivity contribution in [2.75, 3.05) is 32.8 Å². The lowest BCUT2D eigenvalue weighted by atomic mass is 9.95. The monoisotopic (exact) mass is 546 g/mol. The summed E-state index contributed by atoms with van der Waals surface area (Å²) in [4.78, 5) is 14.0. The smallest absolute Gasteiger partial charge is 0.429 e. The highest BCUT2D eigenvalue weighted by Crippen LogP contribution is 2.46. The van der Waals surface area contributed by atoms with Gasteiger partial charge in [-0.3, -0.25) is 4.90 Å². The van der Waals surface area contributed by atoms with Gasteiger partial charge in [-0.05, 0) is 45.2 Å². The van der Waals surface area contributed by atoms with Crippen LogP contribution in [0.2, 0.25) is 0 Å². The zero-order valence-corrected chi connectivity index (χ0v) is 21.9. The van der Waals surface area contributed by atoms with Crippen LogP contribution in [-0.4, -0.2) is 79.9 Å². The zero-order chi connectivity index (χ0) is 27.6. The number of amides is 1. The van der Waals surface area contributed by atoms with Gasteiger partial charge in [0.1, 0.15) is 0 Å². The average Bonchev–Trinajstić information content (AvgIpc) is 3.61. The number of benzene rings is 1. The minimum atomic E-state index is -5.00. The highest BCUT2D eigenvalue weighted by Gasteiger charge is 2.56. The molecule has 1 aliphatic heterocycles. The number of nitriles is 1. The Labute approximate surface area is 215 Å². The van der Waals surface area contributed by atoms with Crippen LogP contribution in [0.4, 0.5) is 18.0 Å². The number of piperazine rings is 1. The number of hydrogen-bond donors (Lipinski definition) is 2. The summed E-state index contributed by atoms with van der Waals surface area (Å²) < 4.78 is 74.7. The molecule has 2 N–H and O–H groups in total. The predicted molar refractivity (Wildman–Crippen MR) is 128 cm³/mol. The van der Waals surface area contributed by atoms with Gasteiger partial charge in [-0.1, -0.05) is 19.1 Å². The highest BCUT2D eigenvalue weighted by molar-refractivity contribution is 7.89. The summed E-state index contributed by atoms with van der Waals surface area (Å²) in [5, 5.41) is 20.7. The number of carbonyl (C=O) groups is 1. The summed E-state index contributed by atoms with van der Waals surface area (Å²) in [6.45, 7) is 5.30. The molecule has 1 aliphatic carbocycles. The molecule has 1 saturated carbocycles. The van der Waals surface area contributed by atoms with Crippen molar-refractivity contribution in [3.05, 3.63) is 29.8 Å². The molecule has 2 fully saturated rings. The molecule has 37 heavy (non-hydrogen) atoms. The average molecular weight is 547 g/mol. The first-order valence-corrected chi connectivity index (χ1v) is 13.6. The van der Waals surface area contributed by atoms with E-state index in [9.17, 15) is 36.8 Å². The van der Waals surface area contributed by atoms with Crippen molar-refractivity contribution in [1.29, 1.82) is 5.26 Å². The predicted octanol–water partition coefficient (Wildman–Crippen LogP) is 2.96. The fourth-order valence-electron chi connectivity index (χ4n) is 4.42. The first kappa shape index (κ1) is 29.2.